The molecule has 0 saturated heterocycles. The maximum atomic E-state index is 7.73. The number of aromatic nitrogens is 2. The Morgan fingerprint density at radius 3 is 0.988 bits per heavy atom. The summed E-state index contributed by atoms with van der Waals surface area (Å²) in [6.07, 6.45) is 0. The Kier molecular flexibility index (Phi) is 12.7. The summed E-state index contributed by atoms with van der Waals surface area (Å²) in [4.78, 5) is 16.4. The van der Waals surface area contributed by atoms with Crippen LogP contribution in [0.4, 0.5) is 34.1 Å². The summed E-state index contributed by atoms with van der Waals surface area (Å²) in [7, 11) is -3.59. The number of benzene rings is 12. The number of fused-ring (bicyclic) bond motifs is 7. The molecule has 85 heavy (non-hydrogen) atoms. The lowest BCUT2D eigenvalue weighted by atomic mass is 9.98. The normalized spacial score (nSPS) is 12.3. The second kappa shape index (κ2) is 21.0. The van der Waals surface area contributed by atoms with Crippen LogP contribution in [0.3, 0.4) is 0 Å². The number of hydrogen-bond acceptors (Lipinski definition) is 6. The third kappa shape index (κ3) is 8.37. The lowest BCUT2D eigenvalue weighted by Crippen LogP contribution is -2.72. The summed E-state index contributed by atoms with van der Waals surface area (Å²) < 4.78 is 15.5. The van der Waals surface area contributed by atoms with E-state index in [0.717, 1.165) is 122 Å². The Balaban J connectivity index is 1.16. The van der Waals surface area contributed by atoms with Gasteiger partial charge in [0.1, 0.15) is 11.0 Å². The Bertz CT molecular complexity index is 4470. The molecule has 406 valence electrons. The lowest BCUT2D eigenvalue weighted by Gasteiger charge is -2.34. The van der Waals surface area contributed by atoms with E-state index in [2.05, 4.69) is 317 Å². The highest BCUT2D eigenvalue weighted by Gasteiger charge is 2.53. The molecule has 12 aromatic carbocycles. The molecule has 3 heterocycles. The maximum absolute atomic E-state index is 7.73. The van der Waals surface area contributed by atoms with Crippen LogP contribution in [-0.2, 0) is 0 Å². The number of para-hydroxylation sites is 4. The van der Waals surface area contributed by atoms with Gasteiger partial charge in [0.05, 0.1) is 22.7 Å². The number of anilines is 6. The van der Waals surface area contributed by atoms with E-state index >= 15 is 0 Å². The number of rotatable bonds is 12. The van der Waals surface area contributed by atoms with Crippen LogP contribution in [0.2, 0.25) is 0 Å². The first-order valence-electron chi connectivity index (χ1n) is 29.1. The summed E-state index contributed by atoms with van der Waals surface area (Å²) in [6, 6.07) is 100. The van der Waals surface area contributed by atoms with Gasteiger partial charge >= 0.3 is 0 Å². The highest BCUT2D eigenvalue weighted by atomic mass is 28.3. The van der Waals surface area contributed by atoms with E-state index in [9.17, 15) is 0 Å². The van der Waals surface area contributed by atoms with Gasteiger partial charge in [-0.25, -0.2) is 9.97 Å². The zero-order valence-electron chi connectivity index (χ0n) is 47.7. The van der Waals surface area contributed by atoms with Crippen LogP contribution in [0, 0.1) is 27.7 Å². The van der Waals surface area contributed by atoms with E-state index in [1.54, 1.807) is 0 Å². The van der Waals surface area contributed by atoms with E-state index in [1.807, 2.05) is 0 Å². The molecule has 0 spiro atoms. The molecular formula is C78H58N4O2Si. The Hall–Kier alpha value is -10.6. The Morgan fingerprint density at radius 2 is 0.624 bits per heavy atom. The largest absolute Gasteiger partial charge is 0.435 e. The standard InChI is InChI=1S/C78H58N4O2Si/c1-51-29-27-30-52(2)69(51)77-79-73-65(81(57-37-15-7-16-38-57)63-47-25-23-45-61(63)55-33-11-5-12-34-55)49-67-71(75(73)83-77)72-68(85(67,59-41-19-9-20-42-59)60-43-21-10-22-44-60)50-66(74-76(72)84-78(80-74)70-53(3)31-28-32-54(70)4)82(58-39-17-8-18-40-58)64-48-26-24-46-62(64)56-35-13-6-14-36-56/h5-50H,1-4H3. The van der Waals surface area contributed by atoms with Crippen LogP contribution >= 0.6 is 0 Å². The van der Waals surface area contributed by atoms with Gasteiger partial charge in [-0.3, -0.25) is 0 Å². The van der Waals surface area contributed by atoms with Crippen LogP contribution in [0.25, 0.3) is 78.5 Å². The molecule has 7 heteroatoms. The molecule has 0 amide bonds. The smallest absolute Gasteiger partial charge is 0.227 e. The number of aryl methyl sites for hydroxylation is 4. The van der Waals surface area contributed by atoms with Gasteiger partial charge in [-0.1, -0.05) is 231 Å². The zero-order valence-corrected chi connectivity index (χ0v) is 48.7. The SMILES string of the molecule is Cc1cccc(C)c1-c1nc2c(N(c3ccccc3)c3ccccc3-c3ccccc3)cc3c(c2o1)-c1c(cc(N(c2ccccc2)c2ccccc2-c2ccccc2)c2nc(-c4c(C)cccc4C)oc12)[Si]3(c1ccccc1)c1ccccc1. The van der Waals surface area contributed by atoms with Gasteiger partial charge in [0.15, 0.2) is 19.2 Å². The molecule has 1 aliphatic heterocycles. The fraction of sp³-hybridized carbons (Fsp3) is 0.0513. The van der Waals surface area contributed by atoms with Crippen molar-refractivity contribution >= 4 is 85.1 Å². The molecule has 0 N–H and O–H groups in total. The van der Waals surface area contributed by atoms with Gasteiger partial charge < -0.3 is 18.6 Å². The van der Waals surface area contributed by atoms with Crippen molar-refractivity contribution in [2.24, 2.45) is 0 Å². The average molecular weight is 1110 g/mol. The van der Waals surface area contributed by atoms with E-state index in [-0.39, 0.29) is 0 Å². The summed E-state index contributed by atoms with van der Waals surface area (Å²) >= 11 is 0. The molecule has 0 fully saturated rings. The minimum atomic E-state index is -3.59. The minimum Gasteiger partial charge on any atom is -0.435 e. The maximum Gasteiger partial charge on any atom is 0.227 e. The highest BCUT2D eigenvalue weighted by molar-refractivity contribution is 7.22. The topological polar surface area (TPSA) is 58.5 Å². The fourth-order valence-corrected chi connectivity index (χ4v) is 18.6. The number of oxazole rings is 2. The van der Waals surface area contributed by atoms with Gasteiger partial charge in [0.2, 0.25) is 11.8 Å². The van der Waals surface area contributed by atoms with Crippen molar-refractivity contribution in [1.29, 1.82) is 0 Å². The molecule has 0 atom stereocenters. The van der Waals surface area contributed by atoms with Crippen molar-refractivity contribution in [3.05, 3.63) is 301 Å². The van der Waals surface area contributed by atoms with Gasteiger partial charge in [0, 0.05) is 44.8 Å². The average Bonchev–Trinajstić information content (AvgIpc) is 1.54. The Labute approximate surface area is 496 Å². The third-order valence-corrected chi connectivity index (χ3v) is 21.9. The molecule has 0 saturated carbocycles. The molecule has 6 nitrogen and oxygen atoms in total. The molecule has 2 aromatic heterocycles. The summed E-state index contributed by atoms with van der Waals surface area (Å²) in [6.45, 7) is 8.60. The Morgan fingerprint density at radius 1 is 0.306 bits per heavy atom. The van der Waals surface area contributed by atoms with E-state index in [0.29, 0.717) is 22.9 Å². The lowest BCUT2D eigenvalue weighted by molar-refractivity contribution is 0.616. The van der Waals surface area contributed by atoms with Gasteiger partial charge in [0.25, 0.3) is 0 Å². The van der Waals surface area contributed by atoms with Crippen LogP contribution < -0.4 is 30.5 Å². The second-order valence-corrected chi connectivity index (χ2v) is 25.9. The van der Waals surface area contributed by atoms with Crippen LogP contribution in [0.15, 0.2) is 288 Å². The summed E-state index contributed by atoms with van der Waals surface area (Å²) in [5.74, 6) is 1.11. The molecule has 0 bridgehead atoms. The van der Waals surface area contributed by atoms with Crippen molar-refractivity contribution in [3.63, 3.8) is 0 Å². The molecular weight excluding hydrogens is 1050 g/mol. The minimum absolute atomic E-state index is 0.555. The zero-order chi connectivity index (χ0) is 57.2. The monoisotopic (exact) mass is 1110 g/mol. The molecule has 14 aromatic rings. The van der Waals surface area contributed by atoms with Gasteiger partial charge in [-0.05, 0) is 130 Å². The van der Waals surface area contributed by atoms with Crippen LogP contribution in [0.5, 0.6) is 0 Å². The molecule has 15 rings (SSSR count). The van der Waals surface area contributed by atoms with Crippen molar-refractivity contribution in [2.45, 2.75) is 27.7 Å². The highest BCUT2D eigenvalue weighted by Crippen LogP contribution is 2.52. The first-order chi connectivity index (χ1) is 41.9. The van der Waals surface area contributed by atoms with E-state index in [4.69, 9.17) is 18.8 Å². The van der Waals surface area contributed by atoms with Crippen molar-refractivity contribution in [3.8, 4) is 56.3 Å². The second-order valence-electron chi connectivity index (χ2n) is 22.2. The van der Waals surface area contributed by atoms with Crippen molar-refractivity contribution in [2.75, 3.05) is 9.80 Å². The molecule has 1 aliphatic rings. The van der Waals surface area contributed by atoms with Gasteiger partial charge in [-0.2, -0.15) is 0 Å². The summed E-state index contributed by atoms with van der Waals surface area (Å²) in [5, 5.41) is 4.74. The van der Waals surface area contributed by atoms with Crippen LogP contribution in [-0.4, -0.2) is 18.0 Å². The van der Waals surface area contributed by atoms with Gasteiger partial charge in [-0.15, -0.1) is 0 Å². The predicted octanol–water partition coefficient (Wildman–Crippen LogP) is 18.2. The number of hydrogen-bond donors (Lipinski definition) is 0. The molecule has 0 unspecified atom stereocenters. The quantitative estimate of drug-likeness (QED) is 0.114. The third-order valence-electron chi connectivity index (χ3n) is 17.1. The number of nitrogens with zero attached hydrogens (tertiary/aromatic N) is 4. The van der Waals surface area contributed by atoms with Crippen molar-refractivity contribution < 1.29 is 8.83 Å². The molecule has 0 radical (unpaired) electrons. The van der Waals surface area contributed by atoms with Crippen LogP contribution in [0.1, 0.15) is 22.3 Å². The first-order valence-corrected chi connectivity index (χ1v) is 31.1. The predicted molar refractivity (Wildman–Crippen MR) is 354 cm³/mol. The van der Waals surface area contributed by atoms with E-state index in [1.165, 1.54) is 10.4 Å². The van der Waals surface area contributed by atoms with Crippen molar-refractivity contribution in [1.82, 2.24) is 9.97 Å². The summed E-state index contributed by atoms with van der Waals surface area (Å²) in [5.41, 5.74) is 21.1. The fourth-order valence-electron chi connectivity index (χ4n) is 13.4. The van der Waals surface area contributed by atoms with E-state index < -0.39 is 8.07 Å². The first kappa shape index (κ1) is 51.3. The molecule has 0 aliphatic carbocycles.